The number of rotatable bonds is 4. The lowest BCUT2D eigenvalue weighted by atomic mass is 10.1. The van der Waals surface area contributed by atoms with Crippen molar-refractivity contribution in [2.75, 3.05) is 0 Å². The van der Waals surface area contributed by atoms with Crippen molar-refractivity contribution in [3.63, 3.8) is 0 Å². The molecule has 3 aromatic heterocycles. The Morgan fingerprint density at radius 3 is 2.69 bits per heavy atom. The van der Waals surface area contributed by atoms with Crippen molar-refractivity contribution in [2.45, 2.75) is 19.6 Å². The van der Waals surface area contributed by atoms with Crippen LogP contribution in [0.1, 0.15) is 26.5 Å². The molecule has 0 bridgehead atoms. The fourth-order valence-corrected chi connectivity index (χ4v) is 4.01. The molecule has 0 fully saturated rings. The topological polar surface area (TPSA) is 70.7 Å². The van der Waals surface area contributed by atoms with Crippen LogP contribution in [0.3, 0.4) is 0 Å². The number of carbonyl (C=O) groups is 1. The Hall–Kier alpha value is -3.20. The summed E-state index contributed by atoms with van der Waals surface area (Å²) in [6, 6.07) is 12.1. The summed E-state index contributed by atoms with van der Waals surface area (Å²) < 4.78 is 38.9. The van der Waals surface area contributed by atoms with E-state index >= 15 is 0 Å². The number of hydrogen-bond donors (Lipinski definition) is 2. The van der Waals surface area contributed by atoms with E-state index in [2.05, 4.69) is 20.5 Å². The fourth-order valence-electron chi connectivity index (χ4n) is 2.99. The highest BCUT2D eigenvalue weighted by atomic mass is 32.1. The number of thiophene rings is 1. The molecule has 0 spiro atoms. The first-order chi connectivity index (χ1) is 13.8. The Bertz CT molecular complexity index is 1180. The smallest absolute Gasteiger partial charge is 0.347 e. The van der Waals surface area contributed by atoms with Gasteiger partial charge in [-0.05, 0) is 24.6 Å². The summed E-state index contributed by atoms with van der Waals surface area (Å²) in [4.78, 5) is 16.7. The average Bonchev–Trinajstić information content (AvgIpc) is 3.33. The number of carbonyl (C=O) groups excluding carboxylic acids is 1. The number of nitrogens with zero attached hydrogens (tertiary/aromatic N) is 2. The number of fused-ring (bicyclic) bond motifs is 1. The molecule has 0 unspecified atom stereocenters. The summed E-state index contributed by atoms with van der Waals surface area (Å²) in [5, 5.41) is 10.4. The van der Waals surface area contributed by atoms with Gasteiger partial charge in [-0.25, -0.2) is 4.98 Å². The molecule has 1 aromatic carbocycles. The van der Waals surface area contributed by atoms with E-state index in [9.17, 15) is 18.0 Å². The van der Waals surface area contributed by atoms with Crippen molar-refractivity contribution in [1.29, 1.82) is 0 Å². The van der Waals surface area contributed by atoms with Crippen LogP contribution in [0, 0.1) is 6.92 Å². The largest absolute Gasteiger partial charge is 0.433 e. The van der Waals surface area contributed by atoms with Crippen LogP contribution in [0.4, 0.5) is 13.2 Å². The van der Waals surface area contributed by atoms with E-state index in [1.54, 1.807) is 19.2 Å². The van der Waals surface area contributed by atoms with Crippen LogP contribution < -0.4 is 5.32 Å². The van der Waals surface area contributed by atoms with Gasteiger partial charge in [-0.3, -0.25) is 9.89 Å². The third kappa shape index (κ3) is 3.86. The van der Waals surface area contributed by atoms with Crippen molar-refractivity contribution in [2.24, 2.45) is 0 Å². The maximum absolute atomic E-state index is 13.0. The molecule has 0 aliphatic carbocycles. The first-order valence-corrected chi connectivity index (χ1v) is 9.49. The van der Waals surface area contributed by atoms with Crippen LogP contribution >= 0.6 is 11.3 Å². The number of nitrogens with one attached hydrogen (secondary N) is 2. The monoisotopic (exact) mass is 416 g/mol. The van der Waals surface area contributed by atoms with Crippen LogP contribution in [-0.4, -0.2) is 21.1 Å². The van der Waals surface area contributed by atoms with Gasteiger partial charge in [0.15, 0.2) is 0 Å². The second-order valence-electron chi connectivity index (χ2n) is 6.46. The Morgan fingerprint density at radius 1 is 1.21 bits per heavy atom. The summed E-state index contributed by atoms with van der Waals surface area (Å²) in [6.07, 6.45) is -2.82. The van der Waals surface area contributed by atoms with Gasteiger partial charge in [0.1, 0.15) is 10.5 Å². The highest BCUT2D eigenvalue weighted by molar-refractivity contribution is 7.20. The number of halogens is 3. The summed E-state index contributed by atoms with van der Waals surface area (Å²) in [7, 11) is 0. The first-order valence-electron chi connectivity index (χ1n) is 8.67. The molecule has 0 saturated carbocycles. The predicted octanol–water partition coefficient (Wildman–Crippen LogP) is 4.94. The number of aryl methyl sites for hydroxylation is 1. The van der Waals surface area contributed by atoms with Gasteiger partial charge in [0, 0.05) is 29.3 Å². The highest BCUT2D eigenvalue weighted by Gasteiger charge is 2.33. The van der Waals surface area contributed by atoms with Crippen LogP contribution in [0.5, 0.6) is 0 Å². The van der Waals surface area contributed by atoms with Gasteiger partial charge in [-0.2, -0.15) is 18.3 Å². The lowest BCUT2D eigenvalue weighted by Gasteiger charge is -2.06. The molecule has 0 radical (unpaired) electrons. The summed E-state index contributed by atoms with van der Waals surface area (Å²) in [6.45, 7) is 1.80. The predicted molar refractivity (Wildman–Crippen MR) is 105 cm³/mol. The van der Waals surface area contributed by atoms with E-state index in [4.69, 9.17) is 0 Å². The van der Waals surface area contributed by atoms with Crippen molar-refractivity contribution in [3.05, 3.63) is 70.4 Å². The molecule has 3 heterocycles. The zero-order chi connectivity index (χ0) is 20.6. The molecule has 4 rings (SSSR count). The zero-order valence-electron chi connectivity index (χ0n) is 15.2. The summed E-state index contributed by atoms with van der Waals surface area (Å²) in [5.74, 6) is -0.374. The number of H-pyrrole nitrogens is 1. The molecule has 29 heavy (non-hydrogen) atoms. The van der Waals surface area contributed by atoms with E-state index in [1.807, 2.05) is 30.3 Å². The lowest BCUT2D eigenvalue weighted by molar-refractivity contribution is -0.141. The maximum Gasteiger partial charge on any atom is 0.433 e. The van der Waals surface area contributed by atoms with Gasteiger partial charge < -0.3 is 5.32 Å². The number of pyridine rings is 1. The van der Waals surface area contributed by atoms with E-state index in [0.717, 1.165) is 34.2 Å². The lowest BCUT2D eigenvalue weighted by Crippen LogP contribution is -2.21. The van der Waals surface area contributed by atoms with Crippen molar-refractivity contribution in [3.8, 4) is 11.3 Å². The quantitative estimate of drug-likeness (QED) is 0.495. The van der Waals surface area contributed by atoms with E-state index in [0.29, 0.717) is 15.8 Å². The van der Waals surface area contributed by atoms with Gasteiger partial charge in [0.25, 0.3) is 5.91 Å². The molecular weight excluding hydrogens is 401 g/mol. The molecule has 148 valence electrons. The fraction of sp³-hybridized carbons (Fsp3) is 0.150. The minimum absolute atomic E-state index is 0.191. The third-order valence-electron chi connectivity index (χ3n) is 4.43. The maximum atomic E-state index is 13.0. The van der Waals surface area contributed by atoms with Gasteiger partial charge in [0.05, 0.1) is 10.6 Å². The Kier molecular flexibility index (Phi) is 4.83. The Morgan fingerprint density at radius 2 is 1.97 bits per heavy atom. The van der Waals surface area contributed by atoms with E-state index in [-0.39, 0.29) is 17.3 Å². The van der Waals surface area contributed by atoms with Gasteiger partial charge in [-0.1, -0.05) is 30.3 Å². The number of aromatic amines is 1. The Labute approximate surface area is 167 Å². The zero-order valence-corrected chi connectivity index (χ0v) is 16.0. The summed E-state index contributed by atoms with van der Waals surface area (Å²) in [5.41, 5.74) is 1.93. The molecular formula is C20H15F3N4OS. The first kappa shape index (κ1) is 19.1. The SMILES string of the molecule is Cc1cc(C(F)(F)F)nc2sc(C(=O)NCc3c[nH]nc3-c3ccccc3)cc12. The molecule has 0 aliphatic rings. The molecule has 0 saturated heterocycles. The number of hydrogen-bond acceptors (Lipinski definition) is 4. The molecule has 0 atom stereocenters. The van der Waals surface area contributed by atoms with Crippen molar-refractivity contribution in [1.82, 2.24) is 20.5 Å². The highest BCUT2D eigenvalue weighted by Crippen LogP contribution is 2.33. The Balaban J connectivity index is 1.55. The molecule has 0 aliphatic heterocycles. The van der Waals surface area contributed by atoms with Crippen LogP contribution in [-0.2, 0) is 12.7 Å². The number of amides is 1. The van der Waals surface area contributed by atoms with Crippen LogP contribution in [0.15, 0.2) is 48.7 Å². The standard InChI is InChI=1S/C20H15F3N4OS/c1-11-7-16(20(21,22)23)26-19-14(11)8-15(29-19)18(28)24-9-13-10-25-27-17(13)12-5-3-2-4-6-12/h2-8,10H,9H2,1H3,(H,24,28)(H,25,27). The molecule has 2 N–H and O–H groups in total. The van der Waals surface area contributed by atoms with E-state index in [1.165, 1.54) is 0 Å². The third-order valence-corrected chi connectivity index (χ3v) is 5.46. The van der Waals surface area contributed by atoms with E-state index < -0.39 is 11.9 Å². The second-order valence-corrected chi connectivity index (χ2v) is 7.49. The van der Waals surface area contributed by atoms with Crippen LogP contribution in [0.2, 0.25) is 0 Å². The van der Waals surface area contributed by atoms with Crippen molar-refractivity contribution >= 4 is 27.5 Å². The molecule has 9 heteroatoms. The number of alkyl halides is 3. The normalized spacial score (nSPS) is 11.7. The number of aromatic nitrogens is 3. The minimum Gasteiger partial charge on any atom is -0.347 e. The van der Waals surface area contributed by atoms with Gasteiger partial charge in [-0.15, -0.1) is 11.3 Å². The van der Waals surface area contributed by atoms with Crippen LogP contribution in [0.25, 0.3) is 21.5 Å². The number of benzene rings is 1. The minimum atomic E-state index is -4.53. The van der Waals surface area contributed by atoms with Gasteiger partial charge in [0.2, 0.25) is 0 Å². The molecule has 5 nitrogen and oxygen atoms in total. The molecule has 1 amide bonds. The van der Waals surface area contributed by atoms with Gasteiger partial charge >= 0.3 is 6.18 Å². The van der Waals surface area contributed by atoms with Crippen molar-refractivity contribution < 1.29 is 18.0 Å². The second kappa shape index (κ2) is 7.32. The summed E-state index contributed by atoms with van der Waals surface area (Å²) >= 11 is 0.941. The average molecular weight is 416 g/mol. The molecule has 4 aromatic rings.